The van der Waals surface area contributed by atoms with E-state index in [1.807, 2.05) is 0 Å². The van der Waals surface area contributed by atoms with Crippen molar-refractivity contribution in [1.82, 2.24) is 0 Å². The number of hydrogen-bond acceptors (Lipinski definition) is 7. The maximum absolute atomic E-state index is 12.7. The van der Waals surface area contributed by atoms with Crippen LogP contribution in [0.1, 0.15) is 36.7 Å². The van der Waals surface area contributed by atoms with Crippen molar-refractivity contribution in [3.8, 4) is 28.4 Å². The number of benzene rings is 3. The Hall–Kier alpha value is -5.30. The van der Waals surface area contributed by atoms with Gasteiger partial charge in [-0.2, -0.15) is 0 Å². The molecule has 0 atom stereocenters. The van der Waals surface area contributed by atoms with Gasteiger partial charge in [0.25, 0.3) is 0 Å². The quantitative estimate of drug-likeness (QED) is 0.123. The van der Waals surface area contributed by atoms with Gasteiger partial charge in [-0.05, 0) is 80.4 Å². The van der Waals surface area contributed by atoms with Crippen molar-refractivity contribution in [2.24, 2.45) is 0 Å². The SMILES string of the molecule is C=C(C)C(=O)Oc1ccc(C(=O)/C=C/c2ccc(-c3ccc(OC(=O)C(=C)C)cc3)c(OC(=O)C(=C)C)c2)cc1. The Balaban J connectivity index is 1.83. The Morgan fingerprint density at radius 1 is 0.625 bits per heavy atom. The second kappa shape index (κ2) is 13.0. The maximum atomic E-state index is 12.7. The van der Waals surface area contributed by atoms with Crippen LogP contribution in [0.25, 0.3) is 17.2 Å². The van der Waals surface area contributed by atoms with Gasteiger partial charge in [0.2, 0.25) is 0 Å². The first-order valence-corrected chi connectivity index (χ1v) is 12.1. The molecule has 0 aromatic heterocycles. The zero-order valence-corrected chi connectivity index (χ0v) is 22.5. The van der Waals surface area contributed by atoms with E-state index in [4.69, 9.17) is 14.2 Å². The Bertz CT molecular complexity index is 1540. The van der Waals surface area contributed by atoms with Crippen LogP contribution in [0, 0.1) is 0 Å². The molecule has 7 nitrogen and oxygen atoms in total. The van der Waals surface area contributed by atoms with E-state index in [1.54, 1.807) is 81.4 Å². The second-order valence-electron chi connectivity index (χ2n) is 9.01. The van der Waals surface area contributed by atoms with Crippen LogP contribution in [0.3, 0.4) is 0 Å². The monoisotopic (exact) mass is 536 g/mol. The minimum absolute atomic E-state index is 0.224. The van der Waals surface area contributed by atoms with Crippen molar-refractivity contribution in [3.63, 3.8) is 0 Å². The van der Waals surface area contributed by atoms with Gasteiger partial charge in [0.05, 0.1) is 0 Å². The van der Waals surface area contributed by atoms with Crippen LogP contribution in [0.15, 0.2) is 109 Å². The van der Waals surface area contributed by atoms with Gasteiger partial charge in [0, 0.05) is 27.8 Å². The third-order valence-electron chi connectivity index (χ3n) is 5.41. The lowest BCUT2D eigenvalue weighted by atomic mass is 10.0. The predicted molar refractivity (Wildman–Crippen MR) is 153 cm³/mol. The third kappa shape index (κ3) is 7.85. The van der Waals surface area contributed by atoms with E-state index in [0.717, 1.165) is 0 Å². The van der Waals surface area contributed by atoms with Crippen LogP contribution in [0.4, 0.5) is 0 Å². The Morgan fingerprint density at radius 3 is 1.60 bits per heavy atom. The fourth-order valence-corrected chi connectivity index (χ4v) is 3.20. The molecule has 0 N–H and O–H groups in total. The lowest BCUT2D eigenvalue weighted by Gasteiger charge is -2.12. The summed E-state index contributed by atoms with van der Waals surface area (Å²) in [5.41, 5.74) is 3.09. The summed E-state index contributed by atoms with van der Waals surface area (Å²) in [6.45, 7) is 15.4. The highest BCUT2D eigenvalue weighted by Crippen LogP contribution is 2.33. The van der Waals surface area contributed by atoms with E-state index < -0.39 is 17.9 Å². The van der Waals surface area contributed by atoms with Gasteiger partial charge in [0.1, 0.15) is 17.2 Å². The van der Waals surface area contributed by atoms with Crippen LogP contribution in [-0.2, 0) is 14.4 Å². The standard InChI is InChI=1S/C33H28O7/c1-20(2)31(35)38-26-13-9-24(10-14-26)28-17-7-23(19-30(28)40-33(37)22(5)6)8-18-29(34)25-11-15-27(16-12-25)39-32(36)21(3)4/h7-19H,1,3,5H2,2,4,6H3/b18-8+. The number of hydrogen-bond donors (Lipinski definition) is 0. The van der Waals surface area contributed by atoms with Crippen LogP contribution in [0.5, 0.6) is 17.2 Å². The molecule has 0 bridgehead atoms. The van der Waals surface area contributed by atoms with Gasteiger partial charge in [-0.25, -0.2) is 14.4 Å². The predicted octanol–water partition coefficient (Wildman–Crippen LogP) is 6.69. The molecule has 0 aliphatic rings. The number of esters is 3. The smallest absolute Gasteiger partial charge is 0.338 e. The summed E-state index contributed by atoms with van der Waals surface area (Å²) >= 11 is 0. The Labute approximate surface area is 232 Å². The summed E-state index contributed by atoms with van der Waals surface area (Å²) in [6, 6.07) is 18.0. The summed E-state index contributed by atoms with van der Waals surface area (Å²) < 4.78 is 16.0. The van der Waals surface area contributed by atoms with Crippen LogP contribution < -0.4 is 14.2 Å². The highest BCUT2D eigenvalue weighted by molar-refractivity contribution is 6.07. The van der Waals surface area contributed by atoms with Crippen LogP contribution >= 0.6 is 0 Å². The van der Waals surface area contributed by atoms with Gasteiger partial charge in [-0.15, -0.1) is 0 Å². The maximum Gasteiger partial charge on any atom is 0.338 e. The summed E-state index contributed by atoms with van der Waals surface area (Å²) in [5, 5.41) is 0. The molecule has 0 fully saturated rings. The van der Waals surface area contributed by atoms with E-state index in [9.17, 15) is 19.2 Å². The summed E-state index contributed by atoms with van der Waals surface area (Å²) in [6.07, 6.45) is 2.98. The topological polar surface area (TPSA) is 96.0 Å². The average Bonchev–Trinajstić information content (AvgIpc) is 2.92. The van der Waals surface area contributed by atoms with Gasteiger partial charge < -0.3 is 14.2 Å². The van der Waals surface area contributed by atoms with Crippen molar-refractivity contribution in [2.45, 2.75) is 20.8 Å². The fourth-order valence-electron chi connectivity index (χ4n) is 3.20. The molecule has 0 amide bonds. The summed E-state index contributed by atoms with van der Waals surface area (Å²) in [7, 11) is 0. The molecule has 0 saturated carbocycles. The van der Waals surface area contributed by atoms with Gasteiger partial charge in [-0.1, -0.05) is 50.1 Å². The lowest BCUT2D eigenvalue weighted by molar-refractivity contribution is -0.130. The molecule has 0 aliphatic heterocycles. The van der Waals surface area contributed by atoms with E-state index in [-0.39, 0.29) is 28.3 Å². The number of ether oxygens (including phenoxy) is 3. The summed E-state index contributed by atoms with van der Waals surface area (Å²) in [4.78, 5) is 48.5. The largest absolute Gasteiger partial charge is 0.423 e. The van der Waals surface area contributed by atoms with Gasteiger partial charge >= 0.3 is 17.9 Å². The molecule has 0 radical (unpaired) electrons. The molecule has 0 aliphatic carbocycles. The van der Waals surface area contributed by atoms with Crippen molar-refractivity contribution in [3.05, 3.63) is 120 Å². The van der Waals surface area contributed by atoms with Crippen LogP contribution in [0.2, 0.25) is 0 Å². The van der Waals surface area contributed by atoms with Crippen molar-refractivity contribution < 1.29 is 33.4 Å². The molecule has 3 aromatic carbocycles. The Morgan fingerprint density at radius 2 is 1.10 bits per heavy atom. The van der Waals surface area contributed by atoms with Crippen molar-refractivity contribution >= 4 is 29.8 Å². The first-order chi connectivity index (χ1) is 18.9. The molecule has 7 heteroatoms. The highest BCUT2D eigenvalue weighted by Gasteiger charge is 2.14. The number of ketones is 1. The highest BCUT2D eigenvalue weighted by atomic mass is 16.5. The van der Waals surface area contributed by atoms with E-state index in [1.165, 1.54) is 18.2 Å². The normalized spacial score (nSPS) is 10.5. The summed E-state index contributed by atoms with van der Waals surface area (Å²) in [5.74, 6) is -1.05. The number of carbonyl (C=O) groups is 4. The second-order valence-corrected chi connectivity index (χ2v) is 9.01. The zero-order valence-electron chi connectivity index (χ0n) is 22.5. The van der Waals surface area contributed by atoms with E-state index >= 15 is 0 Å². The Kier molecular flexibility index (Phi) is 9.49. The lowest BCUT2D eigenvalue weighted by Crippen LogP contribution is -2.09. The van der Waals surface area contributed by atoms with Crippen molar-refractivity contribution in [1.29, 1.82) is 0 Å². The molecule has 0 heterocycles. The van der Waals surface area contributed by atoms with Gasteiger partial charge in [-0.3, -0.25) is 4.79 Å². The minimum Gasteiger partial charge on any atom is -0.423 e. The first-order valence-electron chi connectivity index (χ1n) is 12.1. The number of rotatable bonds is 10. The molecule has 0 saturated heterocycles. The average molecular weight is 537 g/mol. The molecule has 0 unspecified atom stereocenters. The zero-order chi connectivity index (χ0) is 29.4. The molecule has 3 aromatic rings. The molecule has 40 heavy (non-hydrogen) atoms. The number of allylic oxidation sites excluding steroid dienone is 1. The molecule has 202 valence electrons. The van der Waals surface area contributed by atoms with E-state index in [2.05, 4.69) is 19.7 Å². The molecule has 0 spiro atoms. The molecular formula is C33H28O7. The molecule has 3 rings (SSSR count). The van der Waals surface area contributed by atoms with Crippen molar-refractivity contribution in [2.75, 3.05) is 0 Å². The fraction of sp³-hybridized carbons (Fsp3) is 0.0909. The van der Waals surface area contributed by atoms with Gasteiger partial charge in [0.15, 0.2) is 5.78 Å². The molecular weight excluding hydrogens is 508 g/mol. The van der Waals surface area contributed by atoms with Crippen LogP contribution in [-0.4, -0.2) is 23.7 Å². The minimum atomic E-state index is -0.599. The number of carbonyl (C=O) groups excluding carboxylic acids is 4. The van der Waals surface area contributed by atoms with E-state index in [0.29, 0.717) is 33.8 Å². The first kappa shape index (κ1) is 29.3. The third-order valence-corrected chi connectivity index (χ3v) is 5.41.